The van der Waals surface area contributed by atoms with E-state index in [1.165, 1.54) is 0 Å². The predicted molar refractivity (Wildman–Crippen MR) is 77.8 cm³/mol. The Morgan fingerprint density at radius 2 is 2.21 bits per heavy atom. The lowest BCUT2D eigenvalue weighted by molar-refractivity contribution is -0.136. The van der Waals surface area contributed by atoms with Crippen molar-refractivity contribution in [3.63, 3.8) is 0 Å². The molecule has 0 spiro atoms. The fourth-order valence-electron chi connectivity index (χ4n) is 1.64. The second-order valence-electron chi connectivity index (χ2n) is 4.56. The molecule has 1 aromatic carbocycles. The molecular formula is C14H21ClN2O2. The molecule has 1 amide bonds. The Labute approximate surface area is 119 Å². The highest BCUT2D eigenvalue weighted by Gasteiger charge is 2.19. The number of ether oxygens (including phenoxy) is 1. The normalized spacial score (nSPS) is 12.1. The third kappa shape index (κ3) is 4.73. The van der Waals surface area contributed by atoms with E-state index in [0.29, 0.717) is 17.3 Å². The maximum atomic E-state index is 12.1. The molecule has 1 rings (SSSR count). The zero-order chi connectivity index (χ0) is 14.4. The molecule has 4 nitrogen and oxygen atoms in total. The van der Waals surface area contributed by atoms with Gasteiger partial charge in [-0.15, -0.1) is 0 Å². The van der Waals surface area contributed by atoms with Gasteiger partial charge in [0, 0.05) is 20.1 Å². The van der Waals surface area contributed by atoms with E-state index in [0.717, 1.165) is 12.1 Å². The summed E-state index contributed by atoms with van der Waals surface area (Å²) in [6.07, 6.45) is -0.554. The minimum atomic E-state index is -0.554. The van der Waals surface area contributed by atoms with E-state index in [4.69, 9.17) is 16.3 Å². The number of rotatable bonds is 6. The molecule has 0 saturated heterocycles. The number of likely N-dealkylation sites (N-methyl/N-ethyl adjacent to an activating group) is 2. The zero-order valence-electron chi connectivity index (χ0n) is 11.9. The first-order valence-electron chi connectivity index (χ1n) is 6.28. The van der Waals surface area contributed by atoms with Gasteiger partial charge >= 0.3 is 0 Å². The number of halogens is 1. The van der Waals surface area contributed by atoms with Gasteiger partial charge in [-0.2, -0.15) is 0 Å². The molecule has 106 valence electrons. The molecule has 0 bridgehead atoms. The maximum Gasteiger partial charge on any atom is 0.263 e. The number of carbonyl (C=O) groups excluding carboxylic acids is 1. The molecule has 0 aliphatic heterocycles. The highest BCUT2D eigenvalue weighted by atomic mass is 35.5. The van der Waals surface area contributed by atoms with Crippen LogP contribution >= 0.6 is 11.6 Å². The third-order valence-electron chi connectivity index (χ3n) is 2.81. The van der Waals surface area contributed by atoms with Gasteiger partial charge in [0.25, 0.3) is 5.91 Å². The van der Waals surface area contributed by atoms with E-state index in [2.05, 4.69) is 5.32 Å². The number of amides is 1. The number of nitrogens with one attached hydrogen (secondary N) is 1. The number of nitrogens with zero attached hydrogens (tertiary/aromatic N) is 1. The lowest BCUT2D eigenvalue weighted by Gasteiger charge is -2.22. The van der Waals surface area contributed by atoms with Crippen LogP contribution in [0.15, 0.2) is 18.2 Å². The Kier molecular flexibility index (Phi) is 6.12. The van der Waals surface area contributed by atoms with Gasteiger partial charge in [-0.25, -0.2) is 0 Å². The average molecular weight is 285 g/mol. The van der Waals surface area contributed by atoms with Crippen LogP contribution in [0.4, 0.5) is 0 Å². The van der Waals surface area contributed by atoms with Gasteiger partial charge in [-0.1, -0.05) is 17.7 Å². The Morgan fingerprint density at radius 1 is 1.53 bits per heavy atom. The topological polar surface area (TPSA) is 41.6 Å². The highest BCUT2D eigenvalue weighted by molar-refractivity contribution is 6.32. The van der Waals surface area contributed by atoms with Crippen LogP contribution in [0.1, 0.15) is 12.5 Å². The molecule has 0 aliphatic carbocycles. The van der Waals surface area contributed by atoms with Crippen molar-refractivity contribution < 1.29 is 9.53 Å². The zero-order valence-corrected chi connectivity index (χ0v) is 12.6. The molecule has 0 radical (unpaired) electrons. The van der Waals surface area contributed by atoms with Crippen molar-refractivity contribution in [2.24, 2.45) is 0 Å². The summed E-state index contributed by atoms with van der Waals surface area (Å²) in [5, 5.41) is 3.52. The minimum Gasteiger partial charge on any atom is -0.479 e. The van der Waals surface area contributed by atoms with E-state index >= 15 is 0 Å². The lowest BCUT2D eigenvalue weighted by atomic mass is 10.2. The molecule has 19 heavy (non-hydrogen) atoms. The molecule has 1 atom stereocenters. The first-order chi connectivity index (χ1) is 8.95. The molecule has 0 heterocycles. The number of benzene rings is 1. The van der Waals surface area contributed by atoms with Gasteiger partial charge < -0.3 is 15.0 Å². The van der Waals surface area contributed by atoms with Crippen molar-refractivity contribution in [1.29, 1.82) is 0 Å². The second kappa shape index (κ2) is 7.36. The van der Waals surface area contributed by atoms with Crippen molar-refractivity contribution in [2.75, 3.05) is 27.2 Å². The fraction of sp³-hybridized carbons (Fsp3) is 0.500. The number of carbonyl (C=O) groups is 1. The van der Waals surface area contributed by atoms with E-state index in [9.17, 15) is 4.79 Å². The highest BCUT2D eigenvalue weighted by Crippen LogP contribution is 2.26. The monoisotopic (exact) mass is 284 g/mol. The molecule has 0 saturated carbocycles. The molecule has 1 unspecified atom stereocenters. The molecule has 0 aliphatic rings. The summed E-state index contributed by atoms with van der Waals surface area (Å²) in [4.78, 5) is 13.7. The van der Waals surface area contributed by atoms with Crippen LogP contribution in [0.25, 0.3) is 0 Å². The summed E-state index contributed by atoms with van der Waals surface area (Å²) in [5.74, 6) is 0.484. The minimum absolute atomic E-state index is 0.0622. The van der Waals surface area contributed by atoms with Gasteiger partial charge in [-0.05, 0) is 38.6 Å². The summed E-state index contributed by atoms with van der Waals surface area (Å²) in [7, 11) is 3.61. The van der Waals surface area contributed by atoms with Gasteiger partial charge in [0.05, 0.1) is 5.02 Å². The summed E-state index contributed by atoms with van der Waals surface area (Å²) in [6.45, 7) is 5.08. The van der Waals surface area contributed by atoms with Crippen molar-refractivity contribution in [1.82, 2.24) is 10.2 Å². The van der Waals surface area contributed by atoms with E-state index in [-0.39, 0.29) is 5.91 Å². The number of hydrogen-bond acceptors (Lipinski definition) is 3. The summed E-state index contributed by atoms with van der Waals surface area (Å²) >= 11 is 6.05. The van der Waals surface area contributed by atoms with Crippen molar-refractivity contribution in [3.8, 4) is 5.75 Å². The Bertz CT molecular complexity index is 437. The molecule has 1 N–H and O–H groups in total. The molecule has 0 aromatic heterocycles. The predicted octanol–water partition coefficient (Wildman–Crippen LogP) is 2.09. The van der Waals surface area contributed by atoms with Crippen molar-refractivity contribution >= 4 is 17.5 Å². The SMILES string of the molecule is CNCCN(C)C(=O)C(C)Oc1cc(C)ccc1Cl. The van der Waals surface area contributed by atoms with Crippen LogP contribution in [0.3, 0.4) is 0 Å². The van der Waals surface area contributed by atoms with Gasteiger partial charge in [0.2, 0.25) is 0 Å². The molecule has 5 heteroatoms. The van der Waals surface area contributed by atoms with Crippen LogP contribution in [0.5, 0.6) is 5.75 Å². The Hall–Kier alpha value is -1.26. The Balaban J connectivity index is 2.65. The smallest absolute Gasteiger partial charge is 0.263 e. The van der Waals surface area contributed by atoms with Crippen LogP contribution in [-0.2, 0) is 4.79 Å². The van der Waals surface area contributed by atoms with Crippen molar-refractivity contribution in [3.05, 3.63) is 28.8 Å². The van der Waals surface area contributed by atoms with Crippen LogP contribution < -0.4 is 10.1 Å². The fourth-order valence-corrected chi connectivity index (χ4v) is 1.80. The van der Waals surface area contributed by atoms with Gasteiger partial charge in [-0.3, -0.25) is 4.79 Å². The van der Waals surface area contributed by atoms with Crippen molar-refractivity contribution in [2.45, 2.75) is 20.0 Å². The summed E-state index contributed by atoms with van der Waals surface area (Å²) in [5.41, 5.74) is 1.04. The summed E-state index contributed by atoms with van der Waals surface area (Å²) < 4.78 is 5.65. The molecule has 0 fully saturated rings. The van der Waals surface area contributed by atoms with E-state index in [1.807, 2.05) is 26.1 Å². The maximum absolute atomic E-state index is 12.1. The number of hydrogen-bond donors (Lipinski definition) is 1. The lowest BCUT2D eigenvalue weighted by Crippen LogP contribution is -2.40. The van der Waals surface area contributed by atoms with Crippen LogP contribution in [-0.4, -0.2) is 44.1 Å². The van der Waals surface area contributed by atoms with E-state index in [1.54, 1.807) is 24.9 Å². The quantitative estimate of drug-likeness (QED) is 0.870. The van der Waals surface area contributed by atoms with Gasteiger partial charge in [0.1, 0.15) is 5.75 Å². The van der Waals surface area contributed by atoms with Crippen LogP contribution in [0, 0.1) is 6.92 Å². The third-order valence-corrected chi connectivity index (χ3v) is 3.12. The Morgan fingerprint density at radius 3 is 2.84 bits per heavy atom. The van der Waals surface area contributed by atoms with Gasteiger partial charge in [0.15, 0.2) is 6.10 Å². The van der Waals surface area contributed by atoms with Crippen LogP contribution in [0.2, 0.25) is 5.02 Å². The summed E-state index contributed by atoms with van der Waals surface area (Å²) in [6, 6.07) is 5.51. The number of aryl methyl sites for hydroxylation is 1. The first-order valence-corrected chi connectivity index (χ1v) is 6.66. The van der Waals surface area contributed by atoms with E-state index < -0.39 is 6.10 Å². The first kappa shape index (κ1) is 15.8. The average Bonchev–Trinajstić information content (AvgIpc) is 2.39. The standard InChI is InChI=1S/C14H21ClN2O2/c1-10-5-6-12(15)13(9-10)19-11(2)14(18)17(4)8-7-16-3/h5-6,9,11,16H,7-8H2,1-4H3. The largest absolute Gasteiger partial charge is 0.479 e. The molecular weight excluding hydrogens is 264 g/mol. The molecule has 1 aromatic rings. The second-order valence-corrected chi connectivity index (χ2v) is 4.96.